The van der Waals surface area contributed by atoms with Crippen molar-refractivity contribution in [2.75, 3.05) is 18.4 Å². The summed E-state index contributed by atoms with van der Waals surface area (Å²) in [5.41, 5.74) is 0.693. The molecule has 1 N–H and O–H groups in total. The van der Waals surface area contributed by atoms with E-state index in [0.29, 0.717) is 30.1 Å². The molecular weight excluding hydrogens is 522 g/mol. The number of sulfonamides is 1. The lowest BCUT2D eigenvalue weighted by Gasteiger charge is -2.31. The fraction of sp³-hybridized carbons (Fsp3) is 0.278. The van der Waals surface area contributed by atoms with Crippen LogP contribution in [0.2, 0.25) is 10.0 Å². The van der Waals surface area contributed by atoms with Crippen molar-refractivity contribution in [3.8, 4) is 0 Å². The molecular formula is C18H17Cl2IN2O3S. The molecule has 9 heteroatoms. The molecule has 0 spiro atoms. The van der Waals surface area contributed by atoms with Crippen molar-refractivity contribution in [1.82, 2.24) is 4.31 Å². The number of rotatable bonds is 4. The van der Waals surface area contributed by atoms with Gasteiger partial charge in [0.15, 0.2) is 0 Å². The van der Waals surface area contributed by atoms with Crippen molar-refractivity contribution in [3.63, 3.8) is 0 Å². The van der Waals surface area contributed by atoms with Crippen LogP contribution in [0.25, 0.3) is 0 Å². The van der Waals surface area contributed by atoms with Gasteiger partial charge in [-0.2, -0.15) is 4.31 Å². The minimum atomic E-state index is -3.82. The van der Waals surface area contributed by atoms with Gasteiger partial charge in [-0.15, -0.1) is 0 Å². The number of amides is 1. The zero-order valence-corrected chi connectivity index (χ0v) is 18.6. The van der Waals surface area contributed by atoms with Gasteiger partial charge in [0.25, 0.3) is 0 Å². The fourth-order valence-corrected chi connectivity index (χ4v) is 5.59. The highest BCUT2D eigenvalue weighted by Crippen LogP contribution is 2.30. The molecule has 27 heavy (non-hydrogen) atoms. The molecule has 0 aliphatic carbocycles. The number of hydrogen-bond acceptors (Lipinski definition) is 3. The van der Waals surface area contributed by atoms with Crippen LogP contribution in [0.4, 0.5) is 5.69 Å². The number of carbonyl (C=O) groups excluding carboxylic acids is 1. The highest BCUT2D eigenvalue weighted by molar-refractivity contribution is 14.1. The maximum atomic E-state index is 13.0. The van der Waals surface area contributed by atoms with Crippen LogP contribution in [0, 0.1) is 9.49 Å². The molecule has 3 rings (SSSR count). The molecule has 0 unspecified atom stereocenters. The quantitative estimate of drug-likeness (QED) is 0.577. The summed E-state index contributed by atoms with van der Waals surface area (Å²) in [7, 11) is -3.82. The monoisotopic (exact) mass is 538 g/mol. The van der Waals surface area contributed by atoms with Gasteiger partial charge in [-0.25, -0.2) is 8.42 Å². The molecule has 2 aromatic rings. The zero-order chi connectivity index (χ0) is 19.6. The van der Waals surface area contributed by atoms with E-state index in [0.717, 1.165) is 3.57 Å². The summed E-state index contributed by atoms with van der Waals surface area (Å²) in [6.45, 7) is 0.458. The molecule has 144 valence electrons. The van der Waals surface area contributed by atoms with Gasteiger partial charge in [-0.3, -0.25) is 4.79 Å². The van der Waals surface area contributed by atoms with Crippen molar-refractivity contribution < 1.29 is 13.2 Å². The Labute approximate surface area is 182 Å². The number of nitrogens with one attached hydrogen (secondary N) is 1. The lowest BCUT2D eigenvalue weighted by atomic mass is 9.99. The summed E-state index contributed by atoms with van der Waals surface area (Å²) >= 11 is 14.2. The minimum Gasteiger partial charge on any atom is -0.326 e. The first-order valence-electron chi connectivity index (χ1n) is 8.29. The van der Waals surface area contributed by atoms with E-state index in [1.165, 1.54) is 22.5 Å². The Bertz CT molecular complexity index is 952. The number of anilines is 1. The molecule has 1 fully saturated rings. The molecule has 2 aromatic carbocycles. The van der Waals surface area contributed by atoms with E-state index in [-0.39, 0.29) is 22.4 Å². The summed E-state index contributed by atoms with van der Waals surface area (Å²) in [6, 6.07) is 11.8. The third kappa shape index (κ3) is 4.95. The van der Waals surface area contributed by atoms with E-state index in [1.807, 2.05) is 24.3 Å². The normalized spacial score (nSPS) is 18.3. The number of halogens is 3. The first-order valence-corrected chi connectivity index (χ1v) is 11.6. The van der Waals surface area contributed by atoms with Crippen molar-refractivity contribution in [2.45, 2.75) is 17.7 Å². The fourth-order valence-electron chi connectivity index (χ4n) is 2.97. The van der Waals surface area contributed by atoms with Gasteiger partial charge in [-0.1, -0.05) is 23.2 Å². The number of nitrogens with zero attached hydrogens (tertiary/aromatic N) is 1. The van der Waals surface area contributed by atoms with Gasteiger partial charge in [-0.05, 0) is 77.9 Å². The Balaban J connectivity index is 1.76. The van der Waals surface area contributed by atoms with Gasteiger partial charge >= 0.3 is 0 Å². The van der Waals surface area contributed by atoms with E-state index in [4.69, 9.17) is 23.2 Å². The van der Waals surface area contributed by atoms with Gasteiger partial charge in [0, 0.05) is 27.4 Å². The SMILES string of the molecule is O=C(Nc1ccc(I)cc1)[C@H]1CCCN(S(=O)(=O)c2cc(Cl)ccc2Cl)C1. The third-order valence-electron chi connectivity index (χ3n) is 4.38. The van der Waals surface area contributed by atoms with Gasteiger partial charge in [0.1, 0.15) is 4.90 Å². The highest BCUT2D eigenvalue weighted by atomic mass is 127. The standard InChI is InChI=1S/C18H17Cl2IN2O3S/c19-13-3-8-16(20)17(10-13)27(25,26)23-9-1-2-12(11-23)18(24)22-15-6-4-14(21)5-7-15/h3-8,10,12H,1-2,9,11H2,(H,22,24)/t12-/m0/s1. The van der Waals surface area contributed by atoms with Crippen LogP contribution in [-0.2, 0) is 14.8 Å². The maximum absolute atomic E-state index is 13.0. The van der Waals surface area contributed by atoms with Gasteiger partial charge in [0.05, 0.1) is 10.9 Å². The number of hydrogen-bond donors (Lipinski definition) is 1. The Kier molecular flexibility index (Phi) is 6.68. The minimum absolute atomic E-state index is 0.0321. The van der Waals surface area contributed by atoms with Crippen molar-refractivity contribution in [2.24, 2.45) is 5.92 Å². The molecule has 1 saturated heterocycles. The van der Waals surface area contributed by atoms with E-state index < -0.39 is 15.9 Å². The van der Waals surface area contributed by atoms with Crippen LogP contribution in [0.15, 0.2) is 47.4 Å². The molecule has 0 bridgehead atoms. The summed E-state index contributed by atoms with van der Waals surface area (Å²) in [6.07, 6.45) is 1.23. The third-order valence-corrected chi connectivity index (χ3v) is 7.68. The van der Waals surface area contributed by atoms with Crippen molar-refractivity contribution in [1.29, 1.82) is 0 Å². The van der Waals surface area contributed by atoms with E-state index >= 15 is 0 Å². The van der Waals surface area contributed by atoms with E-state index in [1.54, 1.807) is 0 Å². The second-order valence-electron chi connectivity index (χ2n) is 6.27. The number of benzene rings is 2. The summed E-state index contributed by atoms with van der Waals surface area (Å²) in [4.78, 5) is 12.6. The predicted molar refractivity (Wildman–Crippen MR) is 116 cm³/mol. The topological polar surface area (TPSA) is 66.5 Å². The Morgan fingerprint density at radius 1 is 1.15 bits per heavy atom. The second-order valence-corrected chi connectivity index (χ2v) is 10.3. The molecule has 0 saturated carbocycles. The molecule has 1 atom stereocenters. The lowest BCUT2D eigenvalue weighted by molar-refractivity contribution is -0.120. The van der Waals surface area contributed by atoms with Gasteiger partial charge in [0.2, 0.25) is 15.9 Å². The van der Waals surface area contributed by atoms with Crippen LogP contribution in [0.1, 0.15) is 12.8 Å². The van der Waals surface area contributed by atoms with Crippen LogP contribution >= 0.6 is 45.8 Å². The average molecular weight is 539 g/mol. The van der Waals surface area contributed by atoms with Gasteiger partial charge < -0.3 is 5.32 Å². The molecule has 0 aromatic heterocycles. The molecule has 1 aliphatic rings. The maximum Gasteiger partial charge on any atom is 0.244 e. The Morgan fingerprint density at radius 2 is 1.85 bits per heavy atom. The van der Waals surface area contributed by atoms with E-state index in [2.05, 4.69) is 27.9 Å². The largest absolute Gasteiger partial charge is 0.326 e. The van der Waals surface area contributed by atoms with Crippen LogP contribution in [0.3, 0.4) is 0 Å². The molecule has 5 nitrogen and oxygen atoms in total. The summed E-state index contributed by atoms with van der Waals surface area (Å²) in [5, 5.41) is 3.27. The van der Waals surface area contributed by atoms with Crippen LogP contribution in [0.5, 0.6) is 0 Å². The molecule has 0 radical (unpaired) electrons. The highest BCUT2D eigenvalue weighted by Gasteiger charge is 2.34. The average Bonchev–Trinajstić information content (AvgIpc) is 2.65. The summed E-state index contributed by atoms with van der Waals surface area (Å²) < 4.78 is 28.3. The number of carbonyl (C=O) groups is 1. The van der Waals surface area contributed by atoms with Crippen molar-refractivity contribution >= 4 is 67.4 Å². The molecule has 1 heterocycles. The Hall–Kier alpha value is -0.870. The second kappa shape index (κ2) is 8.65. The van der Waals surface area contributed by atoms with Crippen LogP contribution < -0.4 is 5.32 Å². The predicted octanol–water partition coefficient (Wildman–Crippen LogP) is 4.64. The Morgan fingerprint density at radius 3 is 2.56 bits per heavy atom. The smallest absolute Gasteiger partial charge is 0.244 e. The first-order chi connectivity index (χ1) is 12.8. The first kappa shape index (κ1) is 20.9. The molecule has 1 amide bonds. The summed E-state index contributed by atoms with van der Waals surface area (Å²) in [5.74, 6) is -0.612. The van der Waals surface area contributed by atoms with Crippen molar-refractivity contribution in [3.05, 3.63) is 56.1 Å². The lowest BCUT2D eigenvalue weighted by Crippen LogP contribution is -2.43. The van der Waals surface area contributed by atoms with Crippen LogP contribution in [-0.4, -0.2) is 31.7 Å². The molecule has 1 aliphatic heterocycles. The van der Waals surface area contributed by atoms with E-state index in [9.17, 15) is 13.2 Å². The number of piperidine rings is 1. The zero-order valence-electron chi connectivity index (χ0n) is 14.2.